The molecular weight excluding hydrogens is 417 g/mol. The van der Waals surface area contributed by atoms with Crippen molar-refractivity contribution in [2.75, 3.05) is 29.7 Å². The lowest BCUT2D eigenvalue weighted by Crippen LogP contribution is -2.29. The molecule has 0 saturated carbocycles. The average molecular weight is 441 g/mol. The van der Waals surface area contributed by atoms with Crippen LogP contribution in [-0.4, -0.2) is 36.7 Å². The third kappa shape index (κ3) is 6.22. The van der Waals surface area contributed by atoms with Crippen molar-refractivity contribution in [3.63, 3.8) is 0 Å². The lowest BCUT2D eigenvalue weighted by molar-refractivity contribution is -0.0594. The first-order valence-corrected chi connectivity index (χ1v) is 9.66. The lowest BCUT2D eigenvalue weighted by atomic mass is 10.1. The summed E-state index contributed by atoms with van der Waals surface area (Å²) in [6, 6.07) is 13.0. The molecule has 2 N–H and O–H groups in total. The number of likely N-dealkylation sites (N-methyl/N-ethyl adjacent to an activating group) is 1. The van der Waals surface area contributed by atoms with Crippen LogP contribution in [0.25, 0.3) is 5.70 Å². The van der Waals surface area contributed by atoms with Crippen LogP contribution in [0.2, 0.25) is 5.02 Å². The SMILES string of the molecule is C=C(c1ccc(N(O)CCNCC)cc1)N(/N=C(\C)C(F)(F)F)c1ccccc1Cl. The first kappa shape index (κ1) is 23.7. The molecule has 0 amide bonds. The minimum Gasteiger partial charge on any atom is -0.315 e. The molecular formula is C21H24ClF3N4O. The van der Waals surface area contributed by atoms with Gasteiger partial charge in [0.15, 0.2) is 0 Å². The highest BCUT2D eigenvalue weighted by Gasteiger charge is 2.33. The number of alkyl halides is 3. The summed E-state index contributed by atoms with van der Waals surface area (Å²) in [6.45, 7) is 8.55. The molecule has 0 fully saturated rings. The van der Waals surface area contributed by atoms with Crippen LogP contribution >= 0.6 is 11.6 Å². The summed E-state index contributed by atoms with van der Waals surface area (Å²) in [4.78, 5) is 0. The Morgan fingerprint density at radius 2 is 1.80 bits per heavy atom. The Labute approximate surface area is 179 Å². The number of nitrogens with one attached hydrogen (secondary N) is 1. The molecule has 0 atom stereocenters. The molecule has 0 aromatic heterocycles. The van der Waals surface area contributed by atoms with E-state index in [0.717, 1.165) is 23.5 Å². The fourth-order valence-corrected chi connectivity index (χ4v) is 2.74. The first-order valence-electron chi connectivity index (χ1n) is 9.28. The number of nitrogens with zero attached hydrogens (tertiary/aromatic N) is 3. The first-order chi connectivity index (χ1) is 14.1. The van der Waals surface area contributed by atoms with Crippen LogP contribution in [0.5, 0.6) is 0 Å². The minimum absolute atomic E-state index is 0.204. The molecule has 0 bridgehead atoms. The summed E-state index contributed by atoms with van der Waals surface area (Å²) in [5.74, 6) is 0. The average Bonchev–Trinajstić information content (AvgIpc) is 2.71. The molecule has 2 rings (SSSR count). The third-order valence-electron chi connectivity index (χ3n) is 4.25. The number of benzene rings is 2. The van der Waals surface area contributed by atoms with Gasteiger partial charge in [0, 0.05) is 6.54 Å². The summed E-state index contributed by atoms with van der Waals surface area (Å²) >= 11 is 6.20. The number of rotatable bonds is 9. The van der Waals surface area contributed by atoms with Crippen LogP contribution < -0.4 is 15.4 Å². The number of anilines is 2. The Morgan fingerprint density at radius 3 is 2.37 bits per heavy atom. The second-order valence-corrected chi connectivity index (χ2v) is 6.82. The molecule has 0 unspecified atom stereocenters. The Kier molecular flexibility index (Phi) is 8.28. The number of para-hydroxylation sites is 1. The number of hydrazone groups is 1. The van der Waals surface area contributed by atoms with Gasteiger partial charge in [-0.15, -0.1) is 0 Å². The van der Waals surface area contributed by atoms with Gasteiger partial charge in [-0.3, -0.25) is 10.3 Å². The van der Waals surface area contributed by atoms with E-state index >= 15 is 0 Å². The molecule has 162 valence electrons. The maximum Gasteiger partial charge on any atom is 0.430 e. The Balaban J connectivity index is 2.33. The van der Waals surface area contributed by atoms with E-state index in [1.54, 1.807) is 48.5 Å². The number of halogens is 4. The van der Waals surface area contributed by atoms with E-state index in [1.807, 2.05) is 6.92 Å². The Bertz CT molecular complexity index is 885. The zero-order valence-electron chi connectivity index (χ0n) is 16.7. The van der Waals surface area contributed by atoms with Gasteiger partial charge >= 0.3 is 6.18 Å². The van der Waals surface area contributed by atoms with Crippen molar-refractivity contribution in [2.24, 2.45) is 5.10 Å². The van der Waals surface area contributed by atoms with Gasteiger partial charge < -0.3 is 5.32 Å². The Morgan fingerprint density at radius 1 is 1.17 bits per heavy atom. The maximum absolute atomic E-state index is 13.1. The molecule has 2 aromatic carbocycles. The molecule has 0 heterocycles. The lowest BCUT2D eigenvalue weighted by Gasteiger charge is -2.24. The van der Waals surface area contributed by atoms with Gasteiger partial charge in [0.2, 0.25) is 0 Å². The highest BCUT2D eigenvalue weighted by atomic mass is 35.5. The predicted octanol–water partition coefficient (Wildman–Crippen LogP) is 5.56. The van der Waals surface area contributed by atoms with E-state index in [2.05, 4.69) is 17.0 Å². The van der Waals surface area contributed by atoms with Crippen LogP contribution in [0.3, 0.4) is 0 Å². The number of hydrogen-bond acceptors (Lipinski definition) is 5. The third-order valence-corrected chi connectivity index (χ3v) is 4.57. The topological polar surface area (TPSA) is 51.1 Å². The molecule has 0 saturated heterocycles. The van der Waals surface area contributed by atoms with Gasteiger partial charge in [-0.25, -0.2) is 5.01 Å². The largest absolute Gasteiger partial charge is 0.430 e. The summed E-state index contributed by atoms with van der Waals surface area (Å²) in [7, 11) is 0. The smallest absolute Gasteiger partial charge is 0.315 e. The minimum atomic E-state index is -4.59. The normalized spacial score (nSPS) is 12.0. The fourth-order valence-electron chi connectivity index (χ4n) is 2.53. The molecule has 2 aromatic rings. The van der Waals surface area contributed by atoms with Crippen molar-refractivity contribution in [2.45, 2.75) is 20.0 Å². The van der Waals surface area contributed by atoms with Gasteiger partial charge in [0.25, 0.3) is 0 Å². The van der Waals surface area contributed by atoms with Gasteiger partial charge in [-0.1, -0.05) is 49.4 Å². The predicted molar refractivity (Wildman–Crippen MR) is 116 cm³/mol. The van der Waals surface area contributed by atoms with Crippen molar-refractivity contribution < 1.29 is 18.4 Å². The van der Waals surface area contributed by atoms with Crippen LogP contribution in [0.15, 0.2) is 60.2 Å². The monoisotopic (exact) mass is 440 g/mol. The molecule has 0 aliphatic rings. The Hall–Kier alpha value is -2.55. The standard InChI is InChI=1S/C21H24ClF3N4O/c1-4-26-13-14-28(30)18-11-9-17(10-12-18)15(2)29(27-16(3)21(23,24)25)20-8-6-5-7-19(20)22/h5-12,26,30H,2,4,13-14H2,1,3H3/b27-16+. The summed E-state index contributed by atoms with van der Waals surface area (Å²) < 4.78 is 39.3. The molecule has 5 nitrogen and oxygen atoms in total. The summed E-state index contributed by atoms with van der Waals surface area (Å²) in [5, 5.41) is 19.3. The van der Waals surface area contributed by atoms with E-state index in [9.17, 15) is 18.4 Å². The van der Waals surface area contributed by atoms with Crippen molar-refractivity contribution in [3.8, 4) is 0 Å². The molecule has 0 aliphatic heterocycles. The van der Waals surface area contributed by atoms with E-state index < -0.39 is 11.9 Å². The van der Waals surface area contributed by atoms with Gasteiger partial charge in [0.05, 0.1) is 28.6 Å². The van der Waals surface area contributed by atoms with Gasteiger partial charge in [-0.2, -0.15) is 18.3 Å². The highest BCUT2D eigenvalue weighted by Crippen LogP contribution is 2.33. The van der Waals surface area contributed by atoms with Crippen LogP contribution in [0.4, 0.5) is 24.5 Å². The molecule has 30 heavy (non-hydrogen) atoms. The van der Waals surface area contributed by atoms with Crippen molar-refractivity contribution in [1.29, 1.82) is 0 Å². The zero-order chi connectivity index (χ0) is 22.3. The van der Waals surface area contributed by atoms with Gasteiger partial charge in [-0.05, 0) is 43.3 Å². The molecule has 0 spiro atoms. The van der Waals surface area contributed by atoms with Crippen molar-refractivity contribution in [1.82, 2.24) is 5.32 Å². The van der Waals surface area contributed by atoms with E-state index in [4.69, 9.17) is 11.6 Å². The highest BCUT2D eigenvalue weighted by molar-refractivity contribution is 6.33. The number of hydroxylamine groups is 1. The van der Waals surface area contributed by atoms with E-state index in [-0.39, 0.29) is 16.4 Å². The van der Waals surface area contributed by atoms with Crippen LogP contribution in [-0.2, 0) is 0 Å². The van der Waals surface area contributed by atoms with E-state index in [1.165, 1.54) is 0 Å². The second kappa shape index (κ2) is 10.5. The molecule has 0 aliphatic carbocycles. The maximum atomic E-state index is 13.1. The summed E-state index contributed by atoms with van der Waals surface area (Å²) in [6.07, 6.45) is -4.59. The summed E-state index contributed by atoms with van der Waals surface area (Å²) in [5.41, 5.74) is 0.507. The fraction of sp³-hybridized carbons (Fsp3) is 0.286. The van der Waals surface area contributed by atoms with Crippen molar-refractivity contribution in [3.05, 3.63) is 65.7 Å². The molecule has 9 heteroatoms. The van der Waals surface area contributed by atoms with Gasteiger partial charge in [0.1, 0.15) is 5.71 Å². The zero-order valence-corrected chi connectivity index (χ0v) is 17.5. The number of hydrogen-bond donors (Lipinski definition) is 2. The van der Waals surface area contributed by atoms with E-state index in [0.29, 0.717) is 24.3 Å². The molecule has 0 radical (unpaired) electrons. The quantitative estimate of drug-likeness (QED) is 0.304. The van der Waals surface area contributed by atoms with Crippen LogP contribution in [0.1, 0.15) is 19.4 Å². The second-order valence-electron chi connectivity index (χ2n) is 6.42. The van der Waals surface area contributed by atoms with Crippen molar-refractivity contribution >= 4 is 34.4 Å². The van der Waals surface area contributed by atoms with Crippen LogP contribution in [0, 0.1) is 0 Å².